The quantitative estimate of drug-likeness (QED) is 0.394. The molecule has 178 valence electrons. The third-order valence-corrected chi connectivity index (χ3v) is 7.63. The zero-order valence-corrected chi connectivity index (χ0v) is 19.9. The molecule has 0 unspecified atom stereocenters. The summed E-state index contributed by atoms with van der Waals surface area (Å²) in [6, 6.07) is 23.8. The maximum Gasteiger partial charge on any atom is 0.329 e. The number of ether oxygens (including phenoxy) is 1. The largest absolute Gasteiger partial charge is 0.465 e. The summed E-state index contributed by atoms with van der Waals surface area (Å²) in [5, 5.41) is 11.0. The molecular weight excluding hydrogens is 455 g/mol. The van der Waals surface area contributed by atoms with E-state index in [9.17, 15) is 14.4 Å². The Morgan fingerprint density at radius 2 is 1.83 bits per heavy atom. The van der Waals surface area contributed by atoms with Crippen molar-refractivity contribution < 1.29 is 13.9 Å². The van der Waals surface area contributed by atoms with E-state index in [1.165, 1.54) is 12.1 Å². The second-order valence-electron chi connectivity index (χ2n) is 9.29. The number of carbonyl (C=O) groups is 1. The van der Waals surface area contributed by atoms with Crippen molar-refractivity contribution in [2.75, 3.05) is 20.2 Å². The number of hydrogen-bond donors (Lipinski definition) is 0. The summed E-state index contributed by atoms with van der Waals surface area (Å²) in [5.41, 5.74) is 1.70. The summed E-state index contributed by atoms with van der Waals surface area (Å²) in [5.74, 6) is -1.75. The highest BCUT2D eigenvalue weighted by atomic mass is 19.1. The fourth-order valence-corrected chi connectivity index (χ4v) is 6.28. The molecule has 4 aromatic rings. The fraction of sp³-hybridized carbons (Fsp3) is 0.241. The number of nitrogens with zero attached hydrogens (tertiary/aromatic N) is 4. The molecule has 1 fully saturated rings. The highest BCUT2D eigenvalue weighted by Crippen LogP contribution is 2.66. The standard InChI is InChI=1S/C29H23FN4O2/c1-3-36-27(35)28(17-31)22(18-9-8-10-19(30)15-18)16-34(2)29(28)21-12-5-4-11-20(21)25-26(29)33-24-14-7-6-13-23(24)32-25/h4-15,22H,3,16H2,1-2H3/t22-,28+,29-/m1/s1. The normalized spacial score (nSPS) is 24.4. The number of carbonyl (C=O) groups excluding carboxylic acids is 1. The Bertz CT molecular complexity index is 1580. The Balaban J connectivity index is 1.76. The molecule has 6 rings (SSSR count). The van der Waals surface area contributed by atoms with Gasteiger partial charge in [-0.2, -0.15) is 5.26 Å². The topological polar surface area (TPSA) is 79.1 Å². The van der Waals surface area contributed by atoms with Gasteiger partial charge in [0.25, 0.3) is 0 Å². The van der Waals surface area contributed by atoms with Crippen LogP contribution in [0.15, 0.2) is 72.8 Å². The van der Waals surface area contributed by atoms with Gasteiger partial charge in [0.1, 0.15) is 11.4 Å². The van der Waals surface area contributed by atoms with Gasteiger partial charge in [0.15, 0.2) is 5.41 Å². The van der Waals surface area contributed by atoms with E-state index in [0.29, 0.717) is 29.0 Å². The van der Waals surface area contributed by atoms with Gasteiger partial charge in [-0.05, 0) is 49.4 Å². The minimum Gasteiger partial charge on any atom is -0.465 e. The average Bonchev–Trinajstić information content (AvgIpc) is 3.34. The van der Waals surface area contributed by atoms with Crippen molar-refractivity contribution in [2.45, 2.75) is 18.4 Å². The predicted molar refractivity (Wildman–Crippen MR) is 132 cm³/mol. The van der Waals surface area contributed by atoms with Crippen LogP contribution < -0.4 is 0 Å². The van der Waals surface area contributed by atoms with Crippen LogP contribution >= 0.6 is 0 Å². The first-order chi connectivity index (χ1) is 17.5. The second kappa shape index (κ2) is 7.94. The summed E-state index contributed by atoms with van der Waals surface area (Å²) in [6.07, 6.45) is 0. The number of halogens is 1. The number of likely N-dealkylation sites (N-methyl/N-ethyl adjacent to an activating group) is 1. The van der Waals surface area contributed by atoms with Crippen molar-refractivity contribution in [1.29, 1.82) is 5.26 Å². The van der Waals surface area contributed by atoms with Gasteiger partial charge in [-0.25, -0.2) is 14.4 Å². The summed E-state index contributed by atoms with van der Waals surface area (Å²) in [6.45, 7) is 2.14. The molecule has 1 aliphatic heterocycles. The minimum atomic E-state index is -1.75. The van der Waals surface area contributed by atoms with Crippen LogP contribution in [0.1, 0.15) is 29.7 Å². The number of likely N-dealkylation sites (tertiary alicyclic amines) is 1. The monoisotopic (exact) mass is 478 g/mol. The van der Waals surface area contributed by atoms with Crippen LogP contribution in [0, 0.1) is 22.6 Å². The third kappa shape index (κ3) is 2.65. The first kappa shape index (κ1) is 22.3. The molecule has 7 heteroatoms. The maximum absolute atomic E-state index is 14.4. The summed E-state index contributed by atoms with van der Waals surface area (Å²) in [7, 11) is 1.88. The predicted octanol–water partition coefficient (Wildman–Crippen LogP) is 4.80. The lowest BCUT2D eigenvalue weighted by Crippen LogP contribution is -2.55. The van der Waals surface area contributed by atoms with Gasteiger partial charge in [0, 0.05) is 18.0 Å². The number of aromatic nitrogens is 2. The molecule has 0 amide bonds. The van der Waals surface area contributed by atoms with E-state index in [4.69, 9.17) is 14.7 Å². The molecule has 1 spiro atoms. The van der Waals surface area contributed by atoms with E-state index in [1.54, 1.807) is 19.1 Å². The minimum absolute atomic E-state index is 0.107. The molecule has 36 heavy (non-hydrogen) atoms. The van der Waals surface area contributed by atoms with Crippen LogP contribution in [-0.2, 0) is 15.1 Å². The van der Waals surface area contributed by atoms with Crippen LogP contribution in [0.4, 0.5) is 4.39 Å². The highest BCUT2D eigenvalue weighted by Gasteiger charge is 2.74. The van der Waals surface area contributed by atoms with Crippen molar-refractivity contribution in [3.63, 3.8) is 0 Å². The van der Waals surface area contributed by atoms with E-state index in [1.807, 2.05) is 60.5 Å². The van der Waals surface area contributed by atoms with Crippen molar-refractivity contribution in [3.8, 4) is 17.3 Å². The average molecular weight is 479 g/mol. The SMILES string of the molecule is CCOC(=O)[C@]1(C#N)[C@@H](c2cccc(F)c2)CN(C)[C@@]12c1ccccc1-c1nc3ccccc3nc12. The molecule has 0 radical (unpaired) electrons. The van der Waals surface area contributed by atoms with Crippen LogP contribution in [-0.4, -0.2) is 41.0 Å². The number of rotatable bonds is 3. The Morgan fingerprint density at radius 1 is 1.11 bits per heavy atom. The Labute approximate surface area is 208 Å². The van der Waals surface area contributed by atoms with Crippen molar-refractivity contribution in [1.82, 2.24) is 14.9 Å². The number of esters is 1. The molecule has 2 heterocycles. The third-order valence-electron chi connectivity index (χ3n) is 7.63. The zero-order valence-electron chi connectivity index (χ0n) is 19.9. The number of benzene rings is 3. The number of nitriles is 1. The lowest BCUT2D eigenvalue weighted by atomic mass is 9.61. The smallest absolute Gasteiger partial charge is 0.329 e. The second-order valence-corrected chi connectivity index (χ2v) is 9.29. The zero-order chi connectivity index (χ0) is 25.1. The molecule has 1 saturated heterocycles. The Kier molecular flexibility index (Phi) is 4.92. The van der Waals surface area contributed by atoms with E-state index in [2.05, 4.69) is 6.07 Å². The van der Waals surface area contributed by atoms with Crippen molar-refractivity contribution >= 4 is 17.0 Å². The van der Waals surface area contributed by atoms with E-state index >= 15 is 0 Å². The molecule has 3 aromatic carbocycles. The van der Waals surface area contributed by atoms with Crippen LogP contribution in [0.2, 0.25) is 0 Å². The number of fused-ring (bicyclic) bond motifs is 6. The summed E-state index contributed by atoms with van der Waals surface area (Å²) in [4.78, 5) is 26.0. The van der Waals surface area contributed by atoms with Crippen molar-refractivity contribution in [3.05, 3.63) is 95.4 Å². The van der Waals surface area contributed by atoms with Crippen LogP contribution in [0.25, 0.3) is 22.3 Å². The van der Waals surface area contributed by atoms with Gasteiger partial charge >= 0.3 is 5.97 Å². The van der Waals surface area contributed by atoms with Crippen LogP contribution in [0.3, 0.4) is 0 Å². The van der Waals surface area contributed by atoms with E-state index in [-0.39, 0.29) is 6.61 Å². The van der Waals surface area contributed by atoms with Gasteiger partial charge in [-0.3, -0.25) is 9.69 Å². The summed E-state index contributed by atoms with van der Waals surface area (Å²) >= 11 is 0. The lowest BCUT2D eigenvalue weighted by molar-refractivity contribution is -0.156. The number of hydrogen-bond acceptors (Lipinski definition) is 6. The van der Waals surface area contributed by atoms with Gasteiger partial charge in [0.2, 0.25) is 0 Å². The number of para-hydroxylation sites is 2. The fourth-order valence-electron chi connectivity index (χ4n) is 6.28. The molecule has 3 atom stereocenters. The van der Waals surface area contributed by atoms with Gasteiger partial charge in [-0.1, -0.05) is 48.5 Å². The molecule has 1 aliphatic carbocycles. The van der Waals surface area contributed by atoms with Crippen LogP contribution in [0.5, 0.6) is 0 Å². The Hall–Kier alpha value is -4.15. The molecule has 1 aromatic heterocycles. The summed E-state index contributed by atoms with van der Waals surface area (Å²) < 4.78 is 20.0. The van der Waals surface area contributed by atoms with Gasteiger partial charge < -0.3 is 4.74 Å². The van der Waals surface area contributed by atoms with Crippen molar-refractivity contribution in [2.24, 2.45) is 5.41 Å². The maximum atomic E-state index is 14.4. The first-order valence-corrected chi connectivity index (χ1v) is 11.9. The molecular formula is C29H23FN4O2. The molecule has 0 bridgehead atoms. The van der Waals surface area contributed by atoms with Gasteiger partial charge in [0.05, 0.1) is 35.1 Å². The first-order valence-electron chi connectivity index (χ1n) is 11.9. The van der Waals surface area contributed by atoms with E-state index < -0.39 is 28.7 Å². The molecule has 0 saturated carbocycles. The molecule has 2 aliphatic rings. The lowest BCUT2D eigenvalue weighted by Gasteiger charge is -2.42. The molecule has 0 N–H and O–H groups in total. The molecule has 6 nitrogen and oxygen atoms in total. The highest BCUT2D eigenvalue weighted by molar-refractivity contribution is 5.92. The Morgan fingerprint density at radius 3 is 2.56 bits per heavy atom. The van der Waals surface area contributed by atoms with Gasteiger partial charge in [-0.15, -0.1) is 0 Å². The van der Waals surface area contributed by atoms with E-state index in [0.717, 1.165) is 16.6 Å².